The van der Waals surface area contributed by atoms with Gasteiger partial charge in [-0.3, -0.25) is 5.41 Å². The van der Waals surface area contributed by atoms with Crippen molar-refractivity contribution in [1.29, 1.82) is 10.7 Å². The van der Waals surface area contributed by atoms with Crippen molar-refractivity contribution in [1.82, 2.24) is 9.97 Å². The fourth-order valence-corrected chi connectivity index (χ4v) is 3.00. The number of hydrogen-bond donors (Lipinski definition) is 3. The maximum atomic E-state index is 10.4. The smallest absolute Gasteiger partial charge is 0.145 e. The van der Waals surface area contributed by atoms with Gasteiger partial charge < -0.3 is 19.7 Å². The maximum Gasteiger partial charge on any atom is 0.145 e. The molecule has 0 amide bonds. The number of nitrogens with one attached hydrogen (secondary N) is 2. The molecule has 0 atom stereocenters. The number of amidine groups is 1. The number of anilines is 1. The average molecular weight is 345 g/mol. The number of hydrogen-bond acceptors (Lipinski definition) is 5. The highest BCUT2D eigenvalue weighted by Crippen LogP contribution is 2.31. The number of fused-ring (bicyclic) bond motifs is 1. The topological polar surface area (TPSA) is 109 Å². The first-order chi connectivity index (χ1) is 12.6. The Bertz CT molecular complexity index is 1090. The van der Waals surface area contributed by atoms with E-state index in [2.05, 4.69) is 16.0 Å². The Morgan fingerprint density at radius 1 is 1.27 bits per heavy atom. The number of nitriles is 1. The Morgan fingerprint density at radius 2 is 2.04 bits per heavy atom. The lowest BCUT2D eigenvalue weighted by Crippen LogP contribution is -2.26. The molecule has 0 unspecified atom stereocenters. The van der Waals surface area contributed by atoms with Crippen LogP contribution in [0.1, 0.15) is 11.4 Å². The van der Waals surface area contributed by atoms with Crippen LogP contribution >= 0.6 is 0 Å². The van der Waals surface area contributed by atoms with Crippen LogP contribution in [0.5, 0.6) is 5.75 Å². The second-order valence-electron chi connectivity index (χ2n) is 5.88. The van der Waals surface area contributed by atoms with Gasteiger partial charge in [-0.25, -0.2) is 4.98 Å². The van der Waals surface area contributed by atoms with Crippen LogP contribution in [0.2, 0.25) is 0 Å². The van der Waals surface area contributed by atoms with E-state index in [4.69, 9.17) is 15.4 Å². The molecule has 26 heavy (non-hydrogen) atoms. The number of H-pyrrole nitrogens is 1. The first kappa shape index (κ1) is 15.7. The van der Waals surface area contributed by atoms with Gasteiger partial charge in [0.15, 0.2) is 0 Å². The lowest BCUT2D eigenvalue weighted by Gasteiger charge is -2.18. The van der Waals surface area contributed by atoms with Gasteiger partial charge in [-0.1, -0.05) is 0 Å². The van der Waals surface area contributed by atoms with E-state index >= 15 is 0 Å². The number of imidazole rings is 1. The summed E-state index contributed by atoms with van der Waals surface area (Å²) in [5.74, 6) is 1.36. The molecule has 3 N–H and O–H groups in total. The van der Waals surface area contributed by atoms with Crippen LogP contribution in [-0.2, 0) is 0 Å². The number of aromatic nitrogens is 2. The van der Waals surface area contributed by atoms with Crippen LogP contribution in [0.15, 0.2) is 48.2 Å². The van der Waals surface area contributed by atoms with Crippen LogP contribution in [0.25, 0.3) is 16.6 Å². The first-order valence-electron chi connectivity index (χ1n) is 7.93. The van der Waals surface area contributed by atoms with E-state index in [1.165, 1.54) is 0 Å². The highest BCUT2D eigenvalue weighted by atomic mass is 16.5. The van der Waals surface area contributed by atoms with Crippen LogP contribution < -0.4 is 9.64 Å². The van der Waals surface area contributed by atoms with E-state index in [1.54, 1.807) is 36.3 Å². The van der Waals surface area contributed by atoms with Gasteiger partial charge in [-0.2, -0.15) is 5.26 Å². The third kappa shape index (κ3) is 2.45. The summed E-state index contributed by atoms with van der Waals surface area (Å²) in [7, 11) is 1.59. The number of rotatable bonds is 3. The lowest BCUT2D eigenvalue weighted by atomic mass is 10.2. The highest BCUT2D eigenvalue weighted by Gasteiger charge is 2.31. The quantitative estimate of drug-likeness (QED) is 0.675. The molecule has 0 fully saturated rings. The summed E-state index contributed by atoms with van der Waals surface area (Å²) in [5, 5.41) is 27.8. The monoisotopic (exact) mass is 345 g/mol. The van der Waals surface area contributed by atoms with Crippen molar-refractivity contribution in [3.8, 4) is 11.8 Å². The summed E-state index contributed by atoms with van der Waals surface area (Å²) in [6.07, 6.45) is 0. The zero-order valence-corrected chi connectivity index (χ0v) is 13.9. The van der Waals surface area contributed by atoms with Crippen LogP contribution in [0.4, 0.5) is 5.69 Å². The molecule has 3 aromatic rings. The van der Waals surface area contributed by atoms with E-state index in [0.717, 1.165) is 16.7 Å². The van der Waals surface area contributed by atoms with Gasteiger partial charge in [0.2, 0.25) is 0 Å². The Balaban J connectivity index is 1.69. The molecule has 0 saturated heterocycles. The summed E-state index contributed by atoms with van der Waals surface area (Å²) in [6.45, 7) is 0.181. The van der Waals surface area contributed by atoms with E-state index in [-0.39, 0.29) is 18.1 Å². The van der Waals surface area contributed by atoms with Gasteiger partial charge in [0.1, 0.15) is 23.2 Å². The molecule has 128 valence electrons. The lowest BCUT2D eigenvalue weighted by molar-refractivity contribution is 0.411. The van der Waals surface area contributed by atoms with Gasteiger partial charge in [-0.05, 0) is 36.4 Å². The van der Waals surface area contributed by atoms with Crippen molar-refractivity contribution in [2.75, 3.05) is 18.6 Å². The Kier molecular flexibility index (Phi) is 3.59. The molecule has 7 nitrogen and oxygen atoms in total. The van der Waals surface area contributed by atoms with Crippen molar-refractivity contribution >= 4 is 28.1 Å². The minimum Gasteiger partial charge on any atom is -0.509 e. The molecule has 1 aliphatic rings. The SMILES string of the molecule is COc1ccc2nc(C3=C(O)CN(c4ccc(C#N)cc4)C3=N)[nH]c2c1. The molecule has 1 aromatic heterocycles. The Hall–Kier alpha value is -3.79. The number of nitrogens with zero attached hydrogens (tertiary/aromatic N) is 3. The molecule has 1 aliphatic heterocycles. The summed E-state index contributed by atoms with van der Waals surface area (Å²) >= 11 is 0. The van der Waals surface area contributed by atoms with Gasteiger partial charge in [0, 0.05) is 11.8 Å². The molecule has 0 aliphatic carbocycles. The van der Waals surface area contributed by atoms with Crippen LogP contribution in [-0.4, -0.2) is 34.6 Å². The molecule has 0 radical (unpaired) electrons. The van der Waals surface area contributed by atoms with Gasteiger partial charge in [-0.15, -0.1) is 0 Å². The molecule has 0 saturated carbocycles. The zero-order valence-electron chi connectivity index (χ0n) is 13.9. The molecule has 2 aromatic carbocycles. The Morgan fingerprint density at radius 3 is 2.73 bits per heavy atom. The van der Waals surface area contributed by atoms with E-state index < -0.39 is 0 Å². The van der Waals surface area contributed by atoms with Gasteiger partial charge in [0.25, 0.3) is 0 Å². The van der Waals surface area contributed by atoms with Crippen molar-refractivity contribution in [3.63, 3.8) is 0 Å². The minimum absolute atomic E-state index is 0.0744. The summed E-state index contributed by atoms with van der Waals surface area (Å²) in [4.78, 5) is 9.30. The summed E-state index contributed by atoms with van der Waals surface area (Å²) < 4.78 is 5.21. The normalized spacial score (nSPS) is 14.2. The predicted octanol–water partition coefficient (Wildman–Crippen LogP) is 3.21. The second kappa shape index (κ2) is 5.93. The predicted molar refractivity (Wildman–Crippen MR) is 98.4 cm³/mol. The average Bonchev–Trinajstić information content (AvgIpc) is 3.20. The zero-order chi connectivity index (χ0) is 18.3. The summed E-state index contributed by atoms with van der Waals surface area (Å²) in [6, 6.07) is 14.4. The number of aromatic amines is 1. The van der Waals surface area contributed by atoms with E-state index in [0.29, 0.717) is 22.7 Å². The van der Waals surface area contributed by atoms with Crippen molar-refractivity contribution < 1.29 is 9.84 Å². The van der Waals surface area contributed by atoms with Crippen LogP contribution in [0.3, 0.4) is 0 Å². The standard InChI is InChI=1S/C19H15N5O2/c1-26-13-6-7-14-15(8-13)23-19(22-14)17-16(25)10-24(18(17)21)12-4-2-11(9-20)3-5-12/h2-8,21,25H,10H2,1H3,(H,22,23). The van der Waals surface area contributed by atoms with Gasteiger partial charge in [0.05, 0.1) is 41.9 Å². The van der Waals surface area contributed by atoms with Crippen LogP contribution in [0, 0.1) is 16.7 Å². The molecular weight excluding hydrogens is 330 g/mol. The second-order valence-corrected chi connectivity index (χ2v) is 5.88. The third-order valence-corrected chi connectivity index (χ3v) is 4.34. The molecule has 7 heteroatoms. The van der Waals surface area contributed by atoms with Crippen molar-refractivity contribution in [2.24, 2.45) is 0 Å². The molecule has 0 bridgehead atoms. The van der Waals surface area contributed by atoms with E-state index in [9.17, 15) is 5.11 Å². The van der Waals surface area contributed by atoms with Crippen molar-refractivity contribution in [3.05, 3.63) is 59.6 Å². The minimum atomic E-state index is 0.0744. The molecular formula is C19H15N5O2. The highest BCUT2D eigenvalue weighted by molar-refractivity contribution is 6.30. The number of methoxy groups -OCH3 is 1. The maximum absolute atomic E-state index is 10.4. The fourth-order valence-electron chi connectivity index (χ4n) is 3.00. The van der Waals surface area contributed by atoms with E-state index in [1.807, 2.05) is 18.2 Å². The molecule has 0 spiro atoms. The largest absolute Gasteiger partial charge is 0.509 e. The molecule has 4 rings (SSSR count). The van der Waals surface area contributed by atoms with Crippen molar-refractivity contribution in [2.45, 2.75) is 0 Å². The summed E-state index contributed by atoms with van der Waals surface area (Å²) in [5.41, 5.74) is 3.14. The Labute approximate surface area is 149 Å². The number of ether oxygens (including phenoxy) is 1. The fraction of sp³-hybridized carbons (Fsp3) is 0.105. The first-order valence-corrected chi connectivity index (χ1v) is 7.93. The number of benzene rings is 2. The third-order valence-electron chi connectivity index (χ3n) is 4.34. The molecule has 2 heterocycles. The van der Waals surface area contributed by atoms with Gasteiger partial charge >= 0.3 is 0 Å². The number of aliphatic hydroxyl groups is 1. The number of aliphatic hydroxyl groups excluding tert-OH is 1.